The zero-order valence-corrected chi connectivity index (χ0v) is 10.5. The van der Waals surface area contributed by atoms with Crippen molar-refractivity contribution < 1.29 is 14.3 Å². The molecule has 3 nitrogen and oxygen atoms in total. The van der Waals surface area contributed by atoms with E-state index in [1.54, 1.807) is 6.92 Å². The van der Waals surface area contributed by atoms with E-state index >= 15 is 0 Å². The number of hydrogen-bond donors (Lipinski definition) is 0. The van der Waals surface area contributed by atoms with Crippen molar-refractivity contribution in [3.05, 3.63) is 42.5 Å². The summed E-state index contributed by atoms with van der Waals surface area (Å²) in [7, 11) is 0. The van der Waals surface area contributed by atoms with Gasteiger partial charge < -0.3 is 9.47 Å². The van der Waals surface area contributed by atoms with Crippen molar-refractivity contribution in [2.24, 2.45) is 0 Å². The summed E-state index contributed by atoms with van der Waals surface area (Å²) in [6, 6.07) is 7.72. The Labute approximate surface area is 102 Å². The Kier molecular flexibility index (Phi) is 4.76. The van der Waals surface area contributed by atoms with Gasteiger partial charge >= 0.3 is 5.97 Å². The molecular formula is C14H18O3. The van der Waals surface area contributed by atoms with Crippen LogP contribution in [0.1, 0.15) is 32.3 Å². The van der Waals surface area contributed by atoms with E-state index in [2.05, 4.69) is 20.4 Å². The number of para-hydroxylation sites is 1. The van der Waals surface area contributed by atoms with E-state index in [0.717, 1.165) is 17.4 Å². The summed E-state index contributed by atoms with van der Waals surface area (Å²) < 4.78 is 10.5. The fraction of sp³-hybridized carbons (Fsp3) is 0.357. The first kappa shape index (κ1) is 13.3. The van der Waals surface area contributed by atoms with Crippen LogP contribution in [0.25, 0.3) is 0 Å². The van der Waals surface area contributed by atoms with Gasteiger partial charge in [0.1, 0.15) is 5.75 Å². The summed E-state index contributed by atoms with van der Waals surface area (Å²) in [5.74, 6) is 0.611. The third-order valence-electron chi connectivity index (χ3n) is 2.28. The molecule has 0 aliphatic carbocycles. The molecular weight excluding hydrogens is 216 g/mol. The van der Waals surface area contributed by atoms with E-state index in [0.29, 0.717) is 5.92 Å². The predicted octanol–water partition coefficient (Wildman–Crippen LogP) is 3.26. The lowest BCUT2D eigenvalue weighted by atomic mass is 10.0. The lowest BCUT2D eigenvalue weighted by Gasteiger charge is -2.18. The molecule has 3 heteroatoms. The first-order valence-corrected chi connectivity index (χ1v) is 5.63. The van der Waals surface area contributed by atoms with Crippen LogP contribution in [0.3, 0.4) is 0 Å². The minimum atomic E-state index is -0.625. The molecule has 0 bridgehead atoms. The molecule has 0 amide bonds. The Hall–Kier alpha value is -1.77. The number of carbonyl (C=O) groups is 1. The first-order chi connectivity index (χ1) is 8.04. The maximum Gasteiger partial charge on any atom is 0.333 e. The monoisotopic (exact) mass is 234 g/mol. The Balaban J connectivity index is 2.74. The van der Waals surface area contributed by atoms with E-state index in [1.807, 2.05) is 24.3 Å². The van der Waals surface area contributed by atoms with Crippen LogP contribution in [0, 0.1) is 0 Å². The van der Waals surface area contributed by atoms with Gasteiger partial charge in [0.25, 0.3) is 0 Å². The van der Waals surface area contributed by atoms with Gasteiger partial charge in [-0.2, -0.15) is 0 Å². The molecule has 1 atom stereocenters. The molecule has 0 N–H and O–H groups in total. The largest absolute Gasteiger partial charge is 0.455 e. The van der Waals surface area contributed by atoms with Gasteiger partial charge in [0.2, 0.25) is 6.29 Å². The summed E-state index contributed by atoms with van der Waals surface area (Å²) in [6.45, 7) is 9.19. The van der Waals surface area contributed by atoms with E-state index in [4.69, 9.17) is 9.47 Å². The molecule has 0 saturated heterocycles. The fourth-order valence-electron chi connectivity index (χ4n) is 1.48. The van der Waals surface area contributed by atoms with Gasteiger partial charge in [0.15, 0.2) is 0 Å². The minimum absolute atomic E-state index is 0.355. The summed E-state index contributed by atoms with van der Waals surface area (Å²) in [6.07, 6.45) is 0.495. The smallest absolute Gasteiger partial charge is 0.333 e. The first-order valence-electron chi connectivity index (χ1n) is 5.63. The lowest BCUT2D eigenvalue weighted by molar-refractivity contribution is -0.155. The average Bonchev–Trinajstić information content (AvgIpc) is 2.29. The highest BCUT2D eigenvalue weighted by Gasteiger charge is 2.12. The van der Waals surface area contributed by atoms with Gasteiger partial charge in [-0.3, -0.25) is 0 Å². The molecule has 0 aromatic heterocycles. The van der Waals surface area contributed by atoms with E-state index in [1.165, 1.54) is 0 Å². The second kappa shape index (κ2) is 6.09. The second-order valence-electron chi connectivity index (χ2n) is 4.02. The molecule has 1 aromatic rings. The predicted molar refractivity (Wildman–Crippen MR) is 66.9 cm³/mol. The minimum Gasteiger partial charge on any atom is -0.455 e. The molecule has 1 rings (SSSR count). The van der Waals surface area contributed by atoms with E-state index in [-0.39, 0.29) is 0 Å². The number of esters is 1. The van der Waals surface area contributed by atoms with Crippen molar-refractivity contribution in [2.45, 2.75) is 33.0 Å². The molecule has 0 aliphatic rings. The van der Waals surface area contributed by atoms with Crippen LogP contribution in [0.5, 0.6) is 5.75 Å². The topological polar surface area (TPSA) is 35.5 Å². The molecule has 1 aromatic carbocycles. The van der Waals surface area contributed by atoms with Crippen molar-refractivity contribution >= 4 is 5.97 Å². The zero-order chi connectivity index (χ0) is 12.8. The van der Waals surface area contributed by atoms with Crippen LogP contribution < -0.4 is 4.74 Å². The standard InChI is InChI=1S/C14H18O3/c1-5-14(15)17-11(4)16-13-9-7-6-8-12(13)10(2)3/h5-11H,1H2,2-4H3. The third-order valence-corrected chi connectivity index (χ3v) is 2.28. The van der Waals surface area contributed by atoms with Crippen LogP contribution >= 0.6 is 0 Å². The molecule has 1 unspecified atom stereocenters. The molecule has 17 heavy (non-hydrogen) atoms. The van der Waals surface area contributed by atoms with Gasteiger partial charge in [-0.05, 0) is 17.5 Å². The van der Waals surface area contributed by atoms with E-state index in [9.17, 15) is 4.79 Å². The zero-order valence-electron chi connectivity index (χ0n) is 10.5. The maximum absolute atomic E-state index is 11.0. The number of benzene rings is 1. The number of carbonyl (C=O) groups excluding carboxylic acids is 1. The summed E-state index contributed by atoms with van der Waals surface area (Å²) >= 11 is 0. The number of ether oxygens (including phenoxy) is 2. The summed E-state index contributed by atoms with van der Waals surface area (Å²) in [4.78, 5) is 11.0. The molecule has 0 heterocycles. The molecule has 0 spiro atoms. The Morgan fingerprint density at radius 2 is 1.94 bits per heavy atom. The van der Waals surface area contributed by atoms with Crippen molar-refractivity contribution in [2.75, 3.05) is 0 Å². The Morgan fingerprint density at radius 1 is 1.29 bits per heavy atom. The van der Waals surface area contributed by atoms with Crippen LogP contribution in [-0.2, 0) is 9.53 Å². The van der Waals surface area contributed by atoms with Gasteiger partial charge in [0.05, 0.1) is 0 Å². The third kappa shape index (κ3) is 3.94. The van der Waals surface area contributed by atoms with Crippen molar-refractivity contribution in [3.63, 3.8) is 0 Å². The average molecular weight is 234 g/mol. The van der Waals surface area contributed by atoms with Crippen LogP contribution in [0.15, 0.2) is 36.9 Å². The summed E-state index contributed by atoms with van der Waals surface area (Å²) in [5.41, 5.74) is 1.09. The van der Waals surface area contributed by atoms with Crippen molar-refractivity contribution in [3.8, 4) is 5.75 Å². The highest BCUT2D eigenvalue weighted by molar-refractivity contribution is 5.81. The normalized spacial score (nSPS) is 12.0. The van der Waals surface area contributed by atoms with Gasteiger partial charge in [-0.1, -0.05) is 38.6 Å². The summed E-state index contributed by atoms with van der Waals surface area (Å²) in [5, 5.41) is 0. The molecule has 0 saturated carbocycles. The quantitative estimate of drug-likeness (QED) is 0.445. The molecule has 0 aliphatic heterocycles. The Bertz CT molecular complexity index is 396. The van der Waals surface area contributed by atoms with Gasteiger partial charge in [-0.15, -0.1) is 0 Å². The molecule has 0 radical (unpaired) electrons. The van der Waals surface area contributed by atoms with Crippen LogP contribution in [-0.4, -0.2) is 12.3 Å². The molecule has 92 valence electrons. The van der Waals surface area contributed by atoms with Crippen molar-refractivity contribution in [1.29, 1.82) is 0 Å². The molecule has 0 fully saturated rings. The highest BCUT2D eigenvalue weighted by atomic mass is 16.7. The van der Waals surface area contributed by atoms with Crippen LogP contribution in [0.2, 0.25) is 0 Å². The highest BCUT2D eigenvalue weighted by Crippen LogP contribution is 2.26. The van der Waals surface area contributed by atoms with Gasteiger partial charge in [0, 0.05) is 13.0 Å². The Morgan fingerprint density at radius 3 is 2.53 bits per heavy atom. The van der Waals surface area contributed by atoms with Crippen LogP contribution in [0.4, 0.5) is 0 Å². The number of hydrogen-bond acceptors (Lipinski definition) is 3. The number of rotatable bonds is 5. The fourth-order valence-corrected chi connectivity index (χ4v) is 1.48. The van der Waals surface area contributed by atoms with Gasteiger partial charge in [-0.25, -0.2) is 4.79 Å². The van der Waals surface area contributed by atoms with E-state index < -0.39 is 12.3 Å². The lowest BCUT2D eigenvalue weighted by Crippen LogP contribution is -2.20. The van der Waals surface area contributed by atoms with Crippen molar-refractivity contribution in [1.82, 2.24) is 0 Å². The SMILES string of the molecule is C=CC(=O)OC(C)Oc1ccccc1C(C)C. The second-order valence-corrected chi connectivity index (χ2v) is 4.02. The maximum atomic E-state index is 11.0.